The van der Waals surface area contributed by atoms with Crippen molar-refractivity contribution in [2.24, 2.45) is 0 Å². The summed E-state index contributed by atoms with van der Waals surface area (Å²) in [6.45, 7) is 5.69. The van der Waals surface area contributed by atoms with Gasteiger partial charge in [-0.1, -0.05) is 20.8 Å². The van der Waals surface area contributed by atoms with Gasteiger partial charge >= 0.3 is 26.2 Å². The second-order valence-corrected chi connectivity index (χ2v) is 7.65. The predicted octanol–water partition coefficient (Wildman–Crippen LogP) is 3.84. The monoisotopic (exact) mass is 572 g/mol. The van der Waals surface area contributed by atoms with Crippen molar-refractivity contribution in [3.8, 4) is 0 Å². The molecule has 0 heterocycles. The third-order valence-electron chi connectivity index (χ3n) is 0.787. The van der Waals surface area contributed by atoms with Crippen LogP contribution < -0.4 is 0 Å². The minimum Gasteiger partial charge on any atom is -0.730 e. The first-order chi connectivity index (χ1) is 8.31. The zero-order valence-corrected chi connectivity index (χ0v) is 19.1. The van der Waals surface area contributed by atoms with E-state index in [-0.39, 0.29) is 39.5 Å². The van der Waals surface area contributed by atoms with E-state index in [1.54, 1.807) is 0 Å². The van der Waals surface area contributed by atoms with Crippen LogP contribution in [0.25, 0.3) is 0 Å². The number of carbonyl (C=O) groups is 3. The number of rotatable bonds is 3. The summed E-state index contributed by atoms with van der Waals surface area (Å²) in [7, 11) is 0. The van der Waals surface area contributed by atoms with Gasteiger partial charge in [0.2, 0.25) is 0 Å². The summed E-state index contributed by atoms with van der Waals surface area (Å²) < 4.78 is -0.632. The van der Waals surface area contributed by atoms with Crippen molar-refractivity contribution in [3.05, 3.63) is 0 Å². The van der Waals surface area contributed by atoms with E-state index in [0.29, 0.717) is 0 Å². The van der Waals surface area contributed by atoms with Crippen LogP contribution in [-0.4, -0.2) is 56.8 Å². The van der Waals surface area contributed by atoms with Gasteiger partial charge < -0.3 is 52.3 Å². The van der Waals surface area contributed by atoms with Gasteiger partial charge in [-0.2, -0.15) is 0 Å². The van der Waals surface area contributed by atoms with Gasteiger partial charge in [0, 0.05) is 0 Å². The Morgan fingerprint density at radius 3 is 0.842 bits per heavy atom. The first-order valence-corrected chi connectivity index (χ1v) is 9.01. The van der Waals surface area contributed by atoms with Crippen molar-refractivity contribution < 1.29 is 14.4 Å². The summed E-state index contributed by atoms with van der Waals surface area (Å²) in [5.41, 5.74) is 0. The standard InChI is InChI=1S/3C3H6OS2.Bi/c3*1-2-6-3(4)5;/h3*2H2,1H3,(H,4,5);/q;;;+3/p-3. The molecule has 0 aromatic carbocycles. The minimum atomic E-state index is -0.211. The fourth-order valence-corrected chi connectivity index (χ4v) is 2.12. The zero-order chi connectivity index (χ0) is 15.0. The summed E-state index contributed by atoms with van der Waals surface area (Å²) in [4.78, 5) is 29.5. The van der Waals surface area contributed by atoms with E-state index in [1.807, 2.05) is 20.8 Å². The molecule has 2 radical (unpaired) electrons. The van der Waals surface area contributed by atoms with Crippen LogP contribution in [0.5, 0.6) is 0 Å². The molecule has 0 aliphatic rings. The van der Waals surface area contributed by atoms with Crippen molar-refractivity contribution >= 4 is 113 Å². The van der Waals surface area contributed by atoms with E-state index >= 15 is 0 Å². The van der Waals surface area contributed by atoms with Gasteiger partial charge in [-0.3, -0.25) is 0 Å². The fraction of sp³-hybridized carbons (Fsp3) is 0.667. The quantitative estimate of drug-likeness (QED) is 0.371. The molecular formula is C9H15BiO3S6. The van der Waals surface area contributed by atoms with E-state index in [4.69, 9.17) is 0 Å². The van der Waals surface area contributed by atoms with Crippen molar-refractivity contribution in [3.63, 3.8) is 0 Å². The molecule has 0 unspecified atom stereocenters. The van der Waals surface area contributed by atoms with Gasteiger partial charge in [-0.25, -0.2) is 0 Å². The molecule has 0 fully saturated rings. The van der Waals surface area contributed by atoms with Crippen molar-refractivity contribution in [2.75, 3.05) is 17.3 Å². The molecule has 0 saturated carbocycles. The Hall–Kier alpha value is 1.60. The van der Waals surface area contributed by atoms with Crippen LogP contribution >= 0.6 is 35.3 Å². The van der Waals surface area contributed by atoms with E-state index in [1.165, 1.54) is 0 Å². The average molecular weight is 573 g/mol. The van der Waals surface area contributed by atoms with Gasteiger partial charge in [0.25, 0.3) is 0 Å². The van der Waals surface area contributed by atoms with Crippen LogP contribution in [0.1, 0.15) is 20.8 Å². The summed E-state index contributed by atoms with van der Waals surface area (Å²) in [5.74, 6) is 2.38. The molecule has 0 aromatic heterocycles. The molecule has 0 aliphatic heterocycles. The van der Waals surface area contributed by atoms with Crippen LogP contribution in [0, 0.1) is 0 Å². The molecule has 0 aliphatic carbocycles. The Morgan fingerprint density at radius 2 is 0.842 bits per heavy atom. The van der Waals surface area contributed by atoms with Crippen molar-refractivity contribution in [1.29, 1.82) is 0 Å². The van der Waals surface area contributed by atoms with Gasteiger partial charge in [-0.15, -0.1) is 35.3 Å². The fourth-order valence-electron chi connectivity index (χ4n) is 0.354. The normalized spacial score (nSPS) is 7.74. The largest absolute Gasteiger partial charge is 3.00 e. The van der Waals surface area contributed by atoms with Gasteiger partial charge in [0.05, 0.1) is 13.3 Å². The topological polar surface area (TPSA) is 51.2 Å². The number of thioether (sulfide) groups is 3. The molecule has 0 N–H and O–H groups in total. The summed E-state index contributed by atoms with van der Waals surface area (Å²) in [6.07, 6.45) is 0. The van der Waals surface area contributed by atoms with Crippen molar-refractivity contribution in [1.82, 2.24) is 0 Å². The molecule has 0 bridgehead atoms. The molecule has 10 heteroatoms. The van der Waals surface area contributed by atoms with Crippen LogP contribution in [-0.2, 0) is 37.9 Å². The van der Waals surface area contributed by atoms with Crippen molar-refractivity contribution in [2.45, 2.75) is 20.8 Å². The van der Waals surface area contributed by atoms with Gasteiger partial charge in [0.1, 0.15) is 0 Å². The SMILES string of the molecule is CCSC(=O)[S-].CCSC(=O)[S-].CCSC(=O)[S-].[Bi+3]. The molecule has 0 saturated heterocycles. The van der Waals surface area contributed by atoms with Crippen LogP contribution in [0.3, 0.4) is 0 Å². The Labute approximate surface area is 163 Å². The molecular weight excluding hydrogens is 557 g/mol. The Kier molecular flexibility index (Phi) is 37.2. The molecule has 110 valence electrons. The minimum absolute atomic E-state index is 0. The maximum Gasteiger partial charge on any atom is 3.00 e. The first kappa shape index (κ1) is 28.7. The molecule has 0 rings (SSSR count). The maximum absolute atomic E-state index is 9.82. The van der Waals surface area contributed by atoms with E-state index < -0.39 is 0 Å². The first-order valence-electron chi connectivity index (χ1n) is 4.82. The molecule has 0 spiro atoms. The Bertz CT molecular complexity index is 202. The molecule has 0 atom stereocenters. The predicted molar refractivity (Wildman–Crippen MR) is 98.4 cm³/mol. The Morgan fingerprint density at radius 1 is 0.684 bits per heavy atom. The van der Waals surface area contributed by atoms with Crippen LogP contribution in [0.2, 0.25) is 0 Å². The number of hydrogen-bond acceptors (Lipinski definition) is 9. The second kappa shape index (κ2) is 24.6. The molecule has 0 amide bonds. The van der Waals surface area contributed by atoms with E-state index in [9.17, 15) is 14.4 Å². The van der Waals surface area contributed by atoms with Gasteiger partial charge in [-0.05, 0) is 17.3 Å². The number of hydrogen-bond donors (Lipinski definition) is 0. The summed E-state index contributed by atoms with van der Waals surface area (Å²) in [5, 5.41) is 0. The third kappa shape index (κ3) is 54.0. The van der Waals surface area contributed by atoms with Crippen LogP contribution in [0.4, 0.5) is 14.4 Å². The number of carbonyl (C=O) groups excluding carboxylic acids is 3. The van der Waals surface area contributed by atoms with E-state index in [0.717, 1.165) is 52.5 Å². The molecule has 0 aromatic rings. The average Bonchev–Trinajstić information content (AvgIpc) is 2.18. The summed E-state index contributed by atoms with van der Waals surface area (Å²) in [6, 6.07) is 0. The maximum atomic E-state index is 9.82. The second-order valence-electron chi connectivity index (χ2n) is 2.05. The smallest absolute Gasteiger partial charge is 0.730 e. The van der Waals surface area contributed by atoms with Gasteiger partial charge in [0.15, 0.2) is 0 Å². The zero-order valence-electron chi connectivity index (χ0n) is 10.7. The van der Waals surface area contributed by atoms with Crippen LogP contribution in [0.15, 0.2) is 0 Å². The molecule has 3 nitrogen and oxygen atoms in total. The third-order valence-corrected chi connectivity index (χ3v) is 3.42. The molecule has 19 heavy (non-hydrogen) atoms. The van der Waals surface area contributed by atoms with E-state index in [2.05, 4.69) is 37.9 Å². The summed E-state index contributed by atoms with van der Waals surface area (Å²) >= 11 is 16.1. The Balaban J connectivity index is -0.0000000865.